The quantitative estimate of drug-likeness (QED) is 0.712. The fourth-order valence-corrected chi connectivity index (χ4v) is 2.45. The van der Waals surface area contributed by atoms with Crippen LogP contribution in [0.25, 0.3) is 10.9 Å². The predicted molar refractivity (Wildman–Crippen MR) is 69.2 cm³/mol. The maximum atomic E-state index is 8.79. The summed E-state index contributed by atoms with van der Waals surface area (Å²) in [5.41, 5.74) is 1.46. The van der Waals surface area contributed by atoms with Crippen molar-refractivity contribution in [1.82, 2.24) is 15.0 Å². The summed E-state index contributed by atoms with van der Waals surface area (Å²) in [5.74, 6) is 0. The van der Waals surface area contributed by atoms with Crippen molar-refractivity contribution in [2.75, 3.05) is 0 Å². The van der Waals surface area contributed by atoms with Gasteiger partial charge in [-0.15, -0.1) is 0 Å². The zero-order valence-electron chi connectivity index (χ0n) is 9.29. The molecule has 0 bridgehead atoms. The van der Waals surface area contributed by atoms with Crippen molar-refractivity contribution in [3.63, 3.8) is 0 Å². The lowest BCUT2D eigenvalue weighted by Gasteiger charge is -1.96. The molecule has 0 aliphatic carbocycles. The second kappa shape index (κ2) is 4.51. The molecule has 0 fully saturated rings. The van der Waals surface area contributed by atoms with Crippen LogP contribution in [0.2, 0.25) is 0 Å². The van der Waals surface area contributed by atoms with Gasteiger partial charge in [0.05, 0.1) is 5.03 Å². The fraction of sp³-hybridized carbons (Fsp3) is 0. The highest BCUT2D eigenvalue weighted by atomic mass is 32.2. The Morgan fingerprint density at radius 2 is 2.11 bits per heavy atom. The van der Waals surface area contributed by atoms with Gasteiger partial charge in [0.25, 0.3) is 0 Å². The fourth-order valence-electron chi connectivity index (χ4n) is 1.65. The summed E-state index contributed by atoms with van der Waals surface area (Å²) in [5, 5.41) is 11.5. The Bertz CT molecular complexity index is 709. The van der Waals surface area contributed by atoms with Crippen LogP contribution in [0.1, 0.15) is 5.69 Å². The molecule has 0 saturated carbocycles. The Hall–Kier alpha value is -2.32. The molecule has 1 aromatic carbocycles. The van der Waals surface area contributed by atoms with Crippen molar-refractivity contribution in [3.05, 3.63) is 48.3 Å². The topological polar surface area (TPSA) is 65.4 Å². The van der Waals surface area contributed by atoms with Gasteiger partial charge in [0, 0.05) is 17.1 Å². The summed E-state index contributed by atoms with van der Waals surface area (Å²) < 4.78 is 0. The third-order valence-corrected chi connectivity index (χ3v) is 3.27. The van der Waals surface area contributed by atoms with E-state index in [2.05, 4.69) is 15.0 Å². The van der Waals surface area contributed by atoms with Crippen molar-refractivity contribution < 1.29 is 0 Å². The van der Waals surface area contributed by atoms with E-state index in [0.717, 1.165) is 15.9 Å². The first-order chi connectivity index (χ1) is 8.85. The molecule has 3 rings (SSSR count). The molecule has 0 unspecified atom stereocenters. The van der Waals surface area contributed by atoms with E-state index in [1.165, 1.54) is 11.8 Å². The van der Waals surface area contributed by atoms with Gasteiger partial charge >= 0.3 is 0 Å². The highest BCUT2D eigenvalue weighted by molar-refractivity contribution is 7.99. The van der Waals surface area contributed by atoms with E-state index in [1.54, 1.807) is 12.3 Å². The first-order valence-electron chi connectivity index (χ1n) is 5.34. The van der Waals surface area contributed by atoms with E-state index in [0.29, 0.717) is 10.9 Å². The molecule has 86 valence electrons. The standard InChI is InChI=1S/C13H8N4S/c14-8-10-5-6-15-13(16-10)18-12-7-9-3-1-2-4-11(9)17-12/h1-7,17H. The number of fused-ring (bicyclic) bond motifs is 1. The van der Waals surface area contributed by atoms with Gasteiger partial charge in [-0.2, -0.15) is 5.26 Å². The van der Waals surface area contributed by atoms with Crippen LogP contribution in [0.5, 0.6) is 0 Å². The highest BCUT2D eigenvalue weighted by Gasteiger charge is 2.05. The predicted octanol–water partition coefficient (Wildman–Crippen LogP) is 2.98. The number of nitrogens with one attached hydrogen (secondary N) is 1. The minimum atomic E-state index is 0.378. The number of para-hydroxylation sites is 1. The van der Waals surface area contributed by atoms with Crippen LogP contribution in [0.15, 0.2) is 52.8 Å². The summed E-state index contributed by atoms with van der Waals surface area (Å²) in [6.45, 7) is 0. The average Bonchev–Trinajstić information content (AvgIpc) is 2.81. The second-order valence-corrected chi connectivity index (χ2v) is 4.67. The van der Waals surface area contributed by atoms with E-state index in [1.807, 2.05) is 36.4 Å². The molecule has 5 heteroatoms. The van der Waals surface area contributed by atoms with Gasteiger partial charge in [-0.05, 0) is 30.0 Å². The molecular formula is C13H8N4S. The monoisotopic (exact) mass is 252 g/mol. The van der Waals surface area contributed by atoms with Gasteiger partial charge < -0.3 is 4.98 Å². The first kappa shape index (κ1) is 10.8. The number of nitrogens with zero attached hydrogens (tertiary/aromatic N) is 3. The number of H-pyrrole nitrogens is 1. The van der Waals surface area contributed by atoms with E-state index in [9.17, 15) is 0 Å². The van der Waals surface area contributed by atoms with E-state index in [4.69, 9.17) is 5.26 Å². The van der Waals surface area contributed by atoms with Gasteiger partial charge in [-0.1, -0.05) is 18.2 Å². The SMILES string of the molecule is N#Cc1ccnc(Sc2cc3ccccc3[nH]2)n1. The summed E-state index contributed by atoms with van der Waals surface area (Å²) in [6.07, 6.45) is 1.59. The van der Waals surface area contributed by atoms with Crippen LogP contribution in [0, 0.1) is 11.3 Å². The van der Waals surface area contributed by atoms with Crippen molar-refractivity contribution in [3.8, 4) is 6.07 Å². The first-order valence-corrected chi connectivity index (χ1v) is 6.15. The Kier molecular flexibility index (Phi) is 2.71. The van der Waals surface area contributed by atoms with E-state index < -0.39 is 0 Å². The molecule has 0 spiro atoms. The van der Waals surface area contributed by atoms with Crippen LogP contribution in [-0.4, -0.2) is 15.0 Å². The van der Waals surface area contributed by atoms with Gasteiger partial charge in [0.1, 0.15) is 11.8 Å². The van der Waals surface area contributed by atoms with Gasteiger partial charge in [0.2, 0.25) is 0 Å². The number of hydrogen-bond donors (Lipinski definition) is 1. The number of benzene rings is 1. The molecule has 0 radical (unpaired) electrons. The zero-order chi connectivity index (χ0) is 12.4. The largest absolute Gasteiger partial charge is 0.349 e. The van der Waals surface area contributed by atoms with Gasteiger partial charge in [-0.3, -0.25) is 0 Å². The molecule has 0 saturated heterocycles. The lowest BCUT2D eigenvalue weighted by atomic mass is 10.3. The Morgan fingerprint density at radius 1 is 1.22 bits per heavy atom. The Balaban J connectivity index is 1.94. The minimum Gasteiger partial charge on any atom is -0.349 e. The molecule has 0 atom stereocenters. The molecular weight excluding hydrogens is 244 g/mol. The second-order valence-electron chi connectivity index (χ2n) is 3.66. The molecule has 18 heavy (non-hydrogen) atoms. The Morgan fingerprint density at radius 3 is 2.94 bits per heavy atom. The molecule has 0 aliphatic rings. The van der Waals surface area contributed by atoms with E-state index >= 15 is 0 Å². The normalized spacial score (nSPS) is 10.4. The highest BCUT2D eigenvalue weighted by Crippen LogP contribution is 2.27. The summed E-state index contributed by atoms with van der Waals surface area (Å²) in [7, 11) is 0. The van der Waals surface area contributed by atoms with Crippen molar-refractivity contribution in [1.29, 1.82) is 5.26 Å². The van der Waals surface area contributed by atoms with Gasteiger partial charge in [0.15, 0.2) is 5.16 Å². The minimum absolute atomic E-state index is 0.378. The lowest BCUT2D eigenvalue weighted by molar-refractivity contribution is 0.949. The van der Waals surface area contributed by atoms with Crippen molar-refractivity contribution in [2.45, 2.75) is 10.2 Å². The molecule has 2 heterocycles. The van der Waals surface area contributed by atoms with Crippen LogP contribution >= 0.6 is 11.8 Å². The van der Waals surface area contributed by atoms with Crippen molar-refractivity contribution >= 4 is 22.7 Å². The summed E-state index contributed by atoms with van der Waals surface area (Å²) >= 11 is 1.41. The van der Waals surface area contributed by atoms with Crippen molar-refractivity contribution in [2.24, 2.45) is 0 Å². The van der Waals surface area contributed by atoms with E-state index in [-0.39, 0.29) is 0 Å². The number of rotatable bonds is 2. The molecule has 3 aromatic rings. The van der Waals surface area contributed by atoms with Crippen LogP contribution in [0.3, 0.4) is 0 Å². The summed E-state index contributed by atoms with van der Waals surface area (Å²) in [6, 6.07) is 13.7. The van der Waals surface area contributed by atoms with Crippen LogP contribution in [-0.2, 0) is 0 Å². The molecule has 0 amide bonds. The lowest BCUT2D eigenvalue weighted by Crippen LogP contribution is -1.88. The molecule has 2 aromatic heterocycles. The zero-order valence-corrected chi connectivity index (χ0v) is 10.1. The number of nitriles is 1. The number of aromatic amines is 1. The third kappa shape index (κ3) is 2.06. The van der Waals surface area contributed by atoms with Gasteiger partial charge in [-0.25, -0.2) is 9.97 Å². The summed E-state index contributed by atoms with van der Waals surface area (Å²) in [4.78, 5) is 11.5. The average molecular weight is 252 g/mol. The third-order valence-electron chi connectivity index (χ3n) is 2.45. The van der Waals surface area contributed by atoms with Crippen LogP contribution in [0.4, 0.5) is 0 Å². The van der Waals surface area contributed by atoms with Crippen LogP contribution < -0.4 is 0 Å². The number of hydrogen-bond acceptors (Lipinski definition) is 4. The maximum absolute atomic E-state index is 8.79. The smallest absolute Gasteiger partial charge is 0.195 e. The number of aromatic nitrogens is 3. The molecule has 0 aliphatic heterocycles. The molecule has 1 N–H and O–H groups in total. The molecule has 4 nitrogen and oxygen atoms in total. The Labute approximate surface area is 108 Å². The maximum Gasteiger partial charge on any atom is 0.195 e.